The topological polar surface area (TPSA) is 82.1 Å². The van der Waals surface area contributed by atoms with E-state index in [0.29, 0.717) is 30.0 Å². The number of nitrogens with zero attached hydrogens (tertiary/aromatic N) is 1. The molecule has 0 spiro atoms. The minimum atomic E-state index is -0.543. The Hall–Kier alpha value is -3.87. The van der Waals surface area contributed by atoms with E-state index in [0.717, 1.165) is 16.7 Å². The molecule has 0 radical (unpaired) electrons. The lowest BCUT2D eigenvalue weighted by atomic mass is 9.99. The molecule has 0 aromatic heterocycles. The molecule has 1 saturated heterocycles. The second-order valence-electron chi connectivity index (χ2n) is 9.58. The Morgan fingerprint density at radius 3 is 2.22 bits per heavy atom. The van der Waals surface area contributed by atoms with Crippen molar-refractivity contribution in [3.05, 3.63) is 70.8 Å². The van der Waals surface area contributed by atoms with Crippen LogP contribution in [0.3, 0.4) is 0 Å². The van der Waals surface area contributed by atoms with Crippen LogP contribution in [0.15, 0.2) is 54.1 Å². The van der Waals surface area contributed by atoms with Crippen LogP contribution in [0.2, 0.25) is 0 Å². The summed E-state index contributed by atoms with van der Waals surface area (Å²) in [6.45, 7) is 7.65. The number of methoxy groups -OCH3 is 2. The Balaban J connectivity index is 1.65. The normalized spacial score (nSPS) is 15.9. The fraction of sp³-hybridized carbons (Fsp3) is 0.345. The lowest BCUT2D eigenvalue weighted by Crippen LogP contribution is -2.30. The number of likely N-dealkylation sites (tertiary alicyclic amines) is 1. The summed E-state index contributed by atoms with van der Waals surface area (Å²) in [6.07, 6.45) is 5.29. The molecular formula is C29H33NO6. The molecule has 1 aliphatic rings. The van der Waals surface area contributed by atoms with Crippen LogP contribution in [0, 0.1) is 0 Å². The molecule has 0 bridgehead atoms. The van der Waals surface area contributed by atoms with Gasteiger partial charge in [-0.2, -0.15) is 0 Å². The van der Waals surface area contributed by atoms with Crippen LogP contribution >= 0.6 is 0 Å². The van der Waals surface area contributed by atoms with Crippen LogP contribution < -0.4 is 9.47 Å². The monoisotopic (exact) mass is 491 g/mol. The Morgan fingerprint density at radius 1 is 0.972 bits per heavy atom. The highest BCUT2D eigenvalue weighted by molar-refractivity contribution is 6.12. The average molecular weight is 492 g/mol. The maximum Gasteiger partial charge on any atom is 0.313 e. The van der Waals surface area contributed by atoms with Crippen molar-refractivity contribution < 1.29 is 28.6 Å². The maximum absolute atomic E-state index is 12.8. The molecule has 1 heterocycles. The van der Waals surface area contributed by atoms with Crippen molar-refractivity contribution in [2.75, 3.05) is 20.8 Å². The largest absolute Gasteiger partial charge is 0.493 e. The van der Waals surface area contributed by atoms with Gasteiger partial charge >= 0.3 is 5.97 Å². The molecule has 1 fully saturated rings. The number of hydrogen-bond donors (Lipinski definition) is 0. The first-order valence-corrected chi connectivity index (χ1v) is 11.8. The average Bonchev–Trinajstić information content (AvgIpc) is 3.21. The molecule has 2 amide bonds. The van der Waals surface area contributed by atoms with Crippen LogP contribution in [0.5, 0.6) is 11.5 Å². The standard InChI is InChI=1S/C29H33NO6/c1-19(28(33)36-29(2,3)4)22-11-7-20(8-12-22)17-23-15-16-30(27(23)32)26(31)14-10-21-9-13-24(34-5)25(18-21)35-6/h7-14,17-19H,15-16H2,1-6H3/b14-10?,23-17+. The SMILES string of the molecule is COc1ccc(C=CC(=O)N2CC/C(=C\c3ccc(C(C)C(=O)OC(C)(C)C)cc3)C2=O)cc1OC. The molecule has 190 valence electrons. The molecule has 2 aromatic carbocycles. The number of imide groups is 1. The summed E-state index contributed by atoms with van der Waals surface area (Å²) in [5, 5.41) is 0. The quantitative estimate of drug-likeness (QED) is 0.400. The minimum absolute atomic E-state index is 0.283. The van der Waals surface area contributed by atoms with Gasteiger partial charge in [0.1, 0.15) is 5.60 Å². The van der Waals surface area contributed by atoms with Crippen molar-refractivity contribution in [2.45, 2.75) is 45.6 Å². The van der Waals surface area contributed by atoms with Crippen molar-refractivity contribution in [3.63, 3.8) is 0 Å². The summed E-state index contributed by atoms with van der Waals surface area (Å²) in [6, 6.07) is 12.7. The summed E-state index contributed by atoms with van der Waals surface area (Å²) in [5.74, 6) is -0.207. The van der Waals surface area contributed by atoms with Gasteiger partial charge in [-0.3, -0.25) is 19.3 Å². The van der Waals surface area contributed by atoms with Gasteiger partial charge in [-0.15, -0.1) is 0 Å². The lowest BCUT2D eigenvalue weighted by molar-refractivity contribution is -0.156. The van der Waals surface area contributed by atoms with Crippen LogP contribution in [0.4, 0.5) is 0 Å². The van der Waals surface area contributed by atoms with Crippen molar-refractivity contribution in [1.82, 2.24) is 4.90 Å². The molecule has 36 heavy (non-hydrogen) atoms. The first-order chi connectivity index (χ1) is 17.0. The number of carbonyl (C=O) groups excluding carboxylic acids is 3. The van der Waals surface area contributed by atoms with E-state index in [9.17, 15) is 14.4 Å². The molecule has 2 aromatic rings. The van der Waals surface area contributed by atoms with E-state index in [-0.39, 0.29) is 17.8 Å². The second-order valence-corrected chi connectivity index (χ2v) is 9.58. The molecular weight excluding hydrogens is 458 g/mol. The fourth-order valence-electron chi connectivity index (χ4n) is 3.78. The summed E-state index contributed by atoms with van der Waals surface area (Å²) in [4.78, 5) is 39.1. The third-order valence-corrected chi connectivity index (χ3v) is 5.75. The Kier molecular flexibility index (Phi) is 8.35. The third kappa shape index (κ3) is 6.62. The predicted molar refractivity (Wildman–Crippen MR) is 139 cm³/mol. The van der Waals surface area contributed by atoms with Crippen LogP contribution in [-0.4, -0.2) is 49.0 Å². The van der Waals surface area contributed by atoms with Crippen molar-refractivity contribution in [3.8, 4) is 11.5 Å². The zero-order chi connectivity index (χ0) is 26.5. The van der Waals surface area contributed by atoms with Gasteiger partial charge < -0.3 is 14.2 Å². The highest BCUT2D eigenvalue weighted by atomic mass is 16.6. The molecule has 0 aliphatic carbocycles. The first-order valence-electron chi connectivity index (χ1n) is 11.8. The maximum atomic E-state index is 12.8. The van der Waals surface area contributed by atoms with Gasteiger partial charge in [0.2, 0.25) is 0 Å². The summed E-state index contributed by atoms with van der Waals surface area (Å²) in [7, 11) is 3.10. The van der Waals surface area contributed by atoms with Crippen LogP contribution in [0.1, 0.15) is 56.7 Å². The Labute approximate surface area is 212 Å². The predicted octanol–water partition coefficient (Wildman–Crippen LogP) is 5.00. The summed E-state index contributed by atoms with van der Waals surface area (Å²) in [5.41, 5.74) is 2.44. The highest BCUT2D eigenvalue weighted by Gasteiger charge is 2.29. The number of carbonyl (C=O) groups is 3. The van der Waals surface area contributed by atoms with Gasteiger partial charge in [-0.05, 0) is 75.1 Å². The number of rotatable bonds is 7. The van der Waals surface area contributed by atoms with E-state index in [1.807, 2.05) is 45.0 Å². The number of ether oxygens (including phenoxy) is 3. The zero-order valence-corrected chi connectivity index (χ0v) is 21.7. The Bertz CT molecular complexity index is 1190. The van der Waals surface area contributed by atoms with E-state index >= 15 is 0 Å². The zero-order valence-electron chi connectivity index (χ0n) is 21.7. The van der Waals surface area contributed by atoms with E-state index in [2.05, 4.69) is 0 Å². The number of benzene rings is 2. The van der Waals surface area contributed by atoms with E-state index in [4.69, 9.17) is 14.2 Å². The van der Waals surface area contributed by atoms with E-state index in [1.54, 1.807) is 51.5 Å². The van der Waals surface area contributed by atoms with Crippen molar-refractivity contribution >= 4 is 29.9 Å². The fourth-order valence-corrected chi connectivity index (χ4v) is 3.78. The second kappa shape index (κ2) is 11.2. The molecule has 1 unspecified atom stereocenters. The summed E-state index contributed by atoms with van der Waals surface area (Å²) < 4.78 is 16.0. The molecule has 1 aliphatic heterocycles. The molecule has 0 saturated carbocycles. The lowest BCUT2D eigenvalue weighted by Gasteiger charge is -2.22. The van der Waals surface area contributed by atoms with Gasteiger partial charge in [0.25, 0.3) is 11.8 Å². The number of esters is 1. The molecule has 7 heteroatoms. The third-order valence-electron chi connectivity index (χ3n) is 5.75. The molecule has 3 rings (SSSR count). The van der Waals surface area contributed by atoms with Gasteiger partial charge in [0, 0.05) is 18.2 Å². The minimum Gasteiger partial charge on any atom is -0.493 e. The first kappa shape index (κ1) is 26.7. The highest BCUT2D eigenvalue weighted by Crippen LogP contribution is 2.28. The molecule has 0 N–H and O–H groups in total. The van der Waals surface area contributed by atoms with Crippen LogP contribution in [0.25, 0.3) is 12.2 Å². The smallest absolute Gasteiger partial charge is 0.313 e. The van der Waals surface area contributed by atoms with E-state index < -0.39 is 11.5 Å². The molecule has 7 nitrogen and oxygen atoms in total. The van der Waals surface area contributed by atoms with Gasteiger partial charge in [0.15, 0.2) is 11.5 Å². The summed E-state index contributed by atoms with van der Waals surface area (Å²) >= 11 is 0. The van der Waals surface area contributed by atoms with Gasteiger partial charge in [-0.1, -0.05) is 30.3 Å². The Morgan fingerprint density at radius 2 is 1.61 bits per heavy atom. The van der Waals surface area contributed by atoms with Gasteiger partial charge in [-0.25, -0.2) is 0 Å². The van der Waals surface area contributed by atoms with Crippen molar-refractivity contribution in [2.24, 2.45) is 0 Å². The van der Waals surface area contributed by atoms with Crippen molar-refractivity contribution in [1.29, 1.82) is 0 Å². The van der Waals surface area contributed by atoms with Gasteiger partial charge in [0.05, 0.1) is 20.1 Å². The number of amides is 2. The van der Waals surface area contributed by atoms with Crippen LogP contribution in [-0.2, 0) is 19.1 Å². The molecule has 1 atom stereocenters. The van der Waals surface area contributed by atoms with E-state index in [1.165, 1.54) is 11.0 Å². The number of hydrogen-bond acceptors (Lipinski definition) is 6.